The third-order valence-corrected chi connectivity index (χ3v) is 6.17. The minimum atomic E-state index is 0. The summed E-state index contributed by atoms with van der Waals surface area (Å²) in [7, 11) is 5.34. The molecule has 0 saturated carbocycles. The van der Waals surface area contributed by atoms with Gasteiger partial charge in [-0.05, 0) is 78.0 Å². The summed E-state index contributed by atoms with van der Waals surface area (Å²) in [5.41, 5.74) is 8.14. The SMILES string of the molecule is CO[P-]c1ccc(C)c(C)c1C.CO[P-]c1ccc(C)c(C)c1C.[Pd+2]. The molecular formula is C20H28O2P2Pd. The Hall–Kier alpha value is -0.118. The molecule has 2 nitrogen and oxygen atoms in total. The van der Waals surface area contributed by atoms with Gasteiger partial charge < -0.3 is 26.7 Å². The standard InChI is InChI=1S/2C10H14OP.Pd/c2*1-7-5-6-10(12-11-4)9(3)8(7)2;/h2*5-6H,1-4H3;/q2*-1;+2. The maximum atomic E-state index is 5.08. The van der Waals surface area contributed by atoms with E-state index in [9.17, 15) is 0 Å². The molecule has 5 heteroatoms. The van der Waals surface area contributed by atoms with Crippen LogP contribution in [-0.4, -0.2) is 14.2 Å². The third kappa shape index (κ3) is 7.19. The Bertz CT molecular complexity index is 628. The average molecular weight is 469 g/mol. The summed E-state index contributed by atoms with van der Waals surface area (Å²) < 4.78 is 10.2. The molecule has 0 aromatic heterocycles. The maximum Gasteiger partial charge on any atom is 2.00 e. The Morgan fingerprint density at radius 2 is 0.880 bits per heavy atom. The van der Waals surface area contributed by atoms with E-state index in [0.717, 1.165) is 17.6 Å². The first kappa shape index (κ1) is 24.9. The minimum Gasteiger partial charge on any atom is -0.555 e. The van der Waals surface area contributed by atoms with E-state index in [0.29, 0.717) is 0 Å². The molecule has 0 unspecified atom stereocenters. The zero-order chi connectivity index (χ0) is 18.3. The van der Waals surface area contributed by atoms with E-state index in [1.165, 1.54) is 44.0 Å². The minimum absolute atomic E-state index is 0. The summed E-state index contributed by atoms with van der Waals surface area (Å²) in [6, 6.07) is 8.54. The summed E-state index contributed by atoms with van der Waals surface area (Å²) in [6.07, 6.45) is 0. The van der Waals surface area contributed by atoms with Gasteiger partial charge in [0.25, 0.3) is 0 Å². The maximum absolute atomic E-state index is 5.08. The Balaban J connectivity index is 0.000000443. The van der Waals surface area contributed by atoms with Crippen LogP contribution in [-0.2, 0) is 29.5 Å². The van der Waals surface area contributed by atoms with Crippen LogP contribution in [0, 0.1) is 41.5 Å². The van der Waals surface area contributed by atoms with Crippen LogP contribution in [0.1, 0.15) is 33.4 Å². The van der Waals surface area contributed by atoms with Gasteiger partial charge in [0.15, 0.2) is 0 Å². The largest absolute Gasteiger partial charge is 2.00 e. The first-order chi connectivity index (χ1) is 11.3. The van der Waals surface area contributed by atoms with Gasteiger partial charge in [0.05, 0.1) is 0 Å². The molecule has 0 bridgehead atoms. The molecular weight excluding hydrogens is 441 g/mol. The van der Waals surface area contributed by atoms with E-state index < -0.39 is 0 Å². The van der Waals surface area contributed by atoms with Gasteiger partial charge >= 0.3 is 20.4 Å². The number of benzene rings is 2. The van der Waals surface area contributed by atoms with Gasteiger partial charge in [-0.15, -0.1) is 0 Å². The van der Waals surface area contributed by atoms with Crippen molar-refractivity contribution in [2.45, 2.75) is 41.5 Å². The van der Waals surface area contributed by atoms with E-state index in [1.54, 1.807) is 14.2 Å². The van der Waals surface area contributed by atoms with Crippen molar-refractivity contribution in [3.63, 3.8) is 0 Å². The van der Waals surface area contributed by atoms with Crippen LogP contribution in [0.3, 0.4) is 0 Å². The second-order valence-corrected chi connectivity index (χ2v) is 7.91. The van der Waals surface area contributed by atoms with Gasteiger partial charge in [-0.3, -0.25) is 0 Å². The van der Waals surface area contributed by atoms with Crippen LogP contribution >= 0.6 is 17.6 Å². The van der Waals surface area contributed by atoms with Gasteiger partial charge in [-0.1, -0.05) is 35.4 Å². The zero-order valence-electron chi connectivity index (χ0n) is 16.3. The predicted octanol–water partition coefficient (Wildman–Crippen LogP) is 5.49. The smallest absolute Gasteiger partial charge is 0.555 e. The van der Waals surface area contributed by atoms with Crippen molar-refractivity contribution in [3.05, 3.63) is 57.6 Å². The fraction of sp³-hybridized carbons (Fsp3) is 0.400. The molecule has 0 atom stereocenters. The van der Waals surface area contributed by atoms with Crippen molar-refractivity contribution in [3.8, 4) is 0 Å². The van der Waals surface area contributed by atoms with E-state index in [4.69, 9.17) is 9.05 Å². The van der Waals surface area contributed by atoms with Crippen molar-refractivity contribution in [2.24, 2.45) is 0 Å². The normalized spacial score (nSPS) is 10.9. The summed E-state index contributed by atoms with van der Waals surface area (Å²) in [4.78, 5) is 0. The monoisotopic (exact) mass is 468 g/mol. The summed E-state index contributed by atoms with van der Waals surface area (Å²) in [6.45, 7) is 12.9. The third-order valence-electron chi connectivity index (χ3n) is 4.44. The Morgan fingerprint density at radius 1 is 0.560 bits per heavy atom. The van der Waals surface area contributed by atoms with E-state index in [-0.39, 0.29) is 20.4 Å². The molecule has 0 radical (unpaired) electrons. The van der Waals surface area contributed by atoms with Crippen molar-refractivity contribution >= 4 is 28.2 Å². The second-order valence-electron chi connectivity index (χ2n) is 5.85. The molecule has 25 heavy (non-hydrogen) atoms. The number of rotatable bonds is 4. The summed E-state index contributed by atoms with van der Waals surface area (Å²) in [5.74, 6) is 0. The number of aryl methyl sites for hydroxylation is 2. The Labute approximate surface area is 170 Å². The molecule has 0 fully saturated rings. The molecule has 0 aliphatic rings. The van der Waals surface area contributed by atoms with E-state index >= 15 is 0 Å². The van der Waals surface area contributed by atoms with Crippen molar-refractivity contribution in [1.82, 2.24) is 0 Å². The zero-order valence-corrected chi connectivity index (χ0v) is 19.7. The van der Waals surface area contributed by atoms with Gasteiger partial charge in [-0.25, -0.2) is 0 Å². The predicted molar refractivity (Wildman–Crippen MR) is 108 cm³/mol. The molecule has 2 aromatic rings. The molecule has 0 aliphatic carbocycles. The molecule has 2 rings (SSSR count). The van der Waals surface area contributed by atoms with Crippen molar-refractivity contribution in [2.75, 3.05) is 14.2 Å². The summed E-state index contributed by atoms with van der Waals surface area (Å²) in [5, 5.41) is 2.53. The number of hydrogen-bond donors (Lipinski definition) is 0. The Morgan fingerprint density at radius 3 is 1.16 bits per heavy atom. The van der Waals surface area contributed by atoms with Gasteiger partial charge in [-0.2, -0.15) is 10.6 Å². The topological polar surface area (TPSA) is 18.5 Å². The van der Waals surface area contributed by atoms with Crippen molar-refractivity contribution in [1.29, 1.82) is 0 Å². The van der Waals surface area contributed by atoms with Crippen molar-refractivity contribution < 1.29 is 29.5 Å². The molecule has 2 aromatic carbocycles. The van der Waals surface area contributed by atoms with Gasteiger partial charge in [0, 0.05) is 0 Å². The first-order valence-electron chi connectivity index (χ1n) is 7.95. The Kier molecular flexibility index (Phi) is 12.2. The molecule has 0 saturated heterocycles. The van der Waals surface area contributed by atoms with Crippen LogP contribution in [0.25, 0.3) is 0 Å². The molecule has 0 amide bonds. The number of hydrogen-bond acceptors (Lipinski definition) is 2. The molecule has 0 aliphatic heterocycles. The fourth-order valence-corrected chi connectivity index (χ4v) is 3.55. The molecule has 0 N–H and O–H groups in total. The summed E-state index contributed by atoms with van der Waals surface area (Å²) >= 11 is 0. The fourth-order valence-electron chi connectivity index (χ4n) is 2.28. The first-order valence-corrected chi connectivity index (χ1v) is 9.57. The van der Waals surface area contributed by atoms with Gasteiger partial charge in [0.2, 0.25) is 0 Å². The second kappa shape index (κ2) is 12.3. The van der Waals surface area contributed by atoms with E-state index in [1.807, 2.05) is 0 Å². The van der Waals surface area contributed by atoms with E-state index in [2.05, 4.69) is 65.8 Å². The van der Waals surface area contributed by atoms with Crippen LogP contribution in [0.15, 0.2) is 24.3 Å². The van der Waals surface area contributed by atoms with Crippen LogP contribution < -0.4 is 10.6 Å². The molecule has 140 valence electrons. The van der Waals surface area contributed by atoms with Crippen LogP contribution in [0.2, 0.25) is 0 Å². The van der Waals surface area contributed by atoms with Gasteiger partial charge in [0.1, 0.15) is 0 Å². The molecule has 0 heterocycles. The van der Waals surface area contributed by atoms with Crippen LogP contribution in [0.4, 0.5) is 0 Å². The quantitative estimate of drug-likeness (QED) is 0.436. The van der Waals surface area contributed by atoms with Crippen LogP contribution in [0.5, 0.6) is 0 Å². The average Bonchev–Trinajstić information content (AvgIpc) is 2.57. The molecule has 0 spiro atoms.